The summed E-state index contributed by atoms with van der Waals surface area (Å²) >= 11 is 1.61. The highest BCUT2D eigenvalue weighted by atomic mass is 32.1. The summed E-state index contributed by atoms with van der Waals surface area (Å²) in [4.78, 5) is 8.91. The highest BCUT2D eigenvalue weighted by Gasteiger charge is 2.10. The van der Waals surface area contributed by atoms with E-state index in [-0.39, 0.29) is 6.61 Å². The van der Waals surface area contributed by atoms with Gasteiger partial charge in [0.15, 0.2) is 5.13 Å². The Morgan fingerprint density at radius 3 is 3.13 bits per heavy atom. The van der Waals surface area contributed by atoms with Gasteiger partial charge in [0, 0.05) is 35.6 Å². The molecule has 23 heavy (non-hydrogen) atoms. The van der Waals surface area contributed by atoms with Crippen molar-refractivity contribution in [2.45, 2.75) is 32.6 Å². The molecular weight excluding hydrogens is 306 g/mol. The van der Waals surface area contributed by atoms with Crippen LogP contribution in [0.1, 0.15) is 31.7 Å². The number of aliphatic hydroxyl groups excluding tert-OH is 1. The normalized spacial score (nSPS) is 14.3. The smallest absolute Gasteiger partial charge is 0.187 e. The SMILES string of the molecule is CC1=CC(Nc2nc(-c3ccncc3CCCO)cs2)=CCC1. The van der Waals surface area contributed by atoms with Crippen molar-refractivity contribution in [3.8, 4) is 11.3 Å². The second-order valence-electron chi connectivity index (χ2n) is 5.71. The second kappa shape index (κ2) is 7.53. The molecule has 0 saturated carbocycles. The van der Waals surface area contributed by atoms with E-state index in [1.165, 1.54) is 5.57 Å². The first-order valence-corrected chi connectivity index (χ1v) is 8.78. The molecule has 120 valence electrons. The summed E-state index contributed by atoms with van der Waals surface area (Å²) in [5.74, 6) is 0. The Morgan fingerprint density at radius 1 is 1.39 bits per heavy atom. The second-order valence-corrected chi connectivity index (χ2v) is 6.57. The first-order valence-electron chi connectivity index (χ1n) is 7.90. The number of rotatable bonds is 6. The lowest BCUT2D eigenvalue weighted by atomic mass is 10.0. The van der Waals surface area contributed by atoms with Crippen molar-refractivity contribution in [2.75, 3.05) is 11.9 Å². The molecule has 2 aromatic rings. The van der Waals surface area contributed by atoms with Gasteiger partial charge in [0.25, 0.3) is 0 Å². The van der Waals surface area contributed by atoms with Crippen LogP contribution in [0.25, 0.3) is 11.3 Å². The Kier molecular flexibility index (Phi) is 5.20. The van der Waals surface area contributed by atoms with Gasteiger partial charge in [-0.1, -0.05) is 11.6 Å². The van der Waals surface area contributed by atoms with Crippen LogP contribution >= 0.6 is 11.3 Å². The van der Waals surface area contributed by atoms with Crippen LogP contribution in [0, 0.1) is 0 Å². The van der Waals surface area contributed by atoms with Gasteiger partial charge in [-0.2, -0.15) is 0 Å². The molecule has 0 aliphatic heterocycles. The molecule has 5 heteroatoms. The number of nitrogens with zero attached hydrogens (tertiary/aromatic N) is 2. The summed E-state index contributed by atoms with van der Waals surface area (Å²) < 4.78 is 0. The van der Waals surface area contributed by atoms with E-state index in [4.69, 9.17) is 10.1 Å². The fraction of sp³-hybridized carbons (Fsp3) is 0.333. The lowest BCUT2D eigenvalue weighted by molar-refractivity contribution is 0.288. The minimum absolute atomic E-state index is 0.193. The first kappa shape index (κ1) is 15.9. The van der Waals surface area contributed by atoms with Gasteiger partial charge in [-0.15, -0.1) is 11.3 Å². The van der Waals surface area contributed by atoms with Crippen molar-refractivity contribution in [1.29, 1.82) is 0 Å². The molecule has 4 nitrogen and oxygen atoms in total. The van der Waals surface area contributed by atoms with E-state index < -0.39 is 0 Å². The van der Waals surface area contributed by atoms with E-state index in [2.05, 4.69) is 34.8 Å². The summed E-state index contributed by atoms with van der Waals surface area (Å²) in [6.07, 6.45) is 11.8. The zero-order valence-corrected chi connectivity index (χ0v) is 14.1. The molecule has 2 aromatic heterocycles. The number of allylic oxidation sites excluding steroid dienone is 3. The zero-order valence-electron chi connectivity index (χ0n) is 13.2. The highest BCUT2D eigenvalue weighted by Crippen LogP contribution is 2.29. The van der Waals surface area contributed by atoms with Crippen LogP contribution < -0.4 is 5.32 Å². The summed E-state index contributed by atoms with van der Waals surface area (Å²) in [5.41, 5.74) is 5.72. The van der Waals surface area contributed by atoms with E-state index in [1.807, 2.05) is 12.3 Å². The molecule has 0 saturated heterocycles. The number of hydrogen-bond acceptors (Lipinski definition) is 5. The quantitative estimate of drug-likeness (QED) is 0.836. The van der Waals surface area contributed by atoms with E-state index >= 15 is 0 Å². The average Bonchev–Trinajstić information content (AvgIpc) is 3.01. The number of hydrogen-bond donors (Lipinski definition) is 2. The Hall–Kier alpha value is -1.98. The van der Waals surface area contributed by atoms with Gasteiger partial charge < -0.3 is 10.4 Å². The van der Waals surface area contributed by atoms with Crippen LogP contribution in [-0.2, 0) is 6.42 Å². The van der Waals surface area contributed by atoms with Gasteiger partial charge in [-0.25, -0.2) is 4.98 Å². The fourth-order valence-corrected chi connectivity index (χ4v) is 3.39. The van der Waals surface area contributed by atoms with Crippen LogP contribution in [0.5, 0.6) is 0 Å². The van der Waals surface area contributed by atoms with Gasteiger partial charge in [0.1, 0.15) is 0 Å². The monoisotopic (exact) mass is 327 g/mol. The van der Waals surface area contributed by atoms with E-state index in [1.54, 1.807) is 17.5 Å². The maximum absolute atomic E-state index is 9.04. The van der Waals surface area contributed by atoms with Crippen molar-refractivity contribution in [1.82, 2.24) is 9.97 Å². The molecule has 0 fully saturated rings. The highest BCUT2D eigenvalue weighted by molar-refractivity contribution is 7.14. The average molecular weight is 327 g/mol. The zero-order chi connectivity index (χ0) is 16.1. The van der Waals surface area contributed by atoms with Crippen molar-refractivity contribution in [2.24, 2.45) is 0 Å². The third-order valence-corrected chi connectivity index (χ3v) is 4.60. The number of anilines is 1. The lowest BCUT2D eigenvalue weighted by Gasteiger charge is -2.11. The predicted octanol–water partition coefficient (Wildman–Crippen LogP) is 4.17. The van der Waals surface area contributed by atoms with E-state index in [0.29, 0.717) is 0 Å². The predicted molar refractivity (Wildman–Crippen MR) is 95.4 cm³/mol. The number of pyridine rings is 1. The molecular formula is C18H21N3OS. The molecule has 3 rings (SSSR count). The standard InChI is InChI=1S/C18H21N3OS/c1-13-4-2-6-15(10-13)20-18-21-17(12-23-18)16-7-8-19-11-14(16)5-3-9-22/h6-8,10-12,22H,2-5,9H2,1H3,(H,20,21). The van der Waals surface area contributed by atoms with Gasteiger partial charge in [0.2, 0.25) is 0 Å². The molecule has 1 aliphatic rings. The largest absolute Gasteiger partial charge is 0.396 e. The van der Waals surface area contributed by atoms with Crippen molar-refractivity contribution < 1.29 is 5.11 Å². The van der Waals surface area contributed by atoms with E-state index in [0.717, 1.165) is 53.3 Å². The Balaban J connectivity index is 1.78. The topological polar surface area (TPSA) is 58.0 Å². The first-order chi connectivity index (χ1) is 11.3. The Bertz CT molecular complexity index is 733. The third kappa shape index (κ3) is 4.06. The van der Waals surface area contributed by atoms with Crippen LogP contribution in [-0.4, -0.2) is 21.7 Å². The summed E-state index contributed by atoms with van der Waals surface area (Å²) in [6.45, 7) is 2.35. The van der Waals surface area contributed by atoms with Gasteiger partial charge in [0.05, 0.1) is 5.69 Å². The molecule has 0 spiro atoms. The third-order valence-electron chi connectivity index (χ3n) is 3.84. The number of aryl methyl sites for hydroxylation is 1. The fourth-order valence-electron chi connectivity index (χ4n) is 2.66. The van der Waals surface area contributed by atoms with Crippen molar-refractivity contribution >= 4 is 16.5 Å². The molecule has 0 bridgehead atoms. The molecule has 0 unspecified atom stereocenters. The molecule has 0 amide bonds. The summed E-state index contributed by atoms with van der Waals surface area (Å²) in [7, 11) is 0. The molecule has 0 radical (unpaired) electrons. The molecule has 0 aromatic carbocycles. The molecule has 1 aliphatic carbocycles. The number of aliphatic hydroxyl groups is 1. The minimum Gasteiger partial charge on any atom is -0.396 e. The van der Waals surface area contributed by atoms with Crippen LogP contribution in [0.2, 0.25) is 0 Å². The van der Waals surface area contributed by atoms with Crippen molar-refractivity contribution in [3.05, 3.63) is 52.8 Å². The van der Waals surface area contributed by atoms with Gasteiger partial charge in [-0.05, 0) is 50.3 Å². The summed E-state index contributed by atoms with van der Waals surface area (Å²) in [6, 6.07) is 2.00. The van der Waals surface area contributed by atoms with Gasteiger partial charge >= 0.3 is 0 Å². The maximum atomic E-state index is 9.04. The van der Waals surface area contributed by atoms with Crippen molar-refractivity contribution in [3.63, 3.8) is 0 Å². The molecule has 2 N–H and O–H groups in total. The lowest BCUT2D eigenvalue weighted by Crippen LogP contribution is -2.01. The number of aromatic nitrogens is 2. The van der Waals surface area contributed by atoms with Gasteiger partial charge in [-0.3, -0.25) is 4.98 Å². The number of nitrogens with one attached hydrogen (secondary N) is 1. The molecule has 2 heterocycles. The summed E-state index contributed by atoms with van der Waals surface area (Å²) in [5, 5.41) is 15.4. The van der Waals surface area contributed by atoms with Crippen LogP contribution in [0.15, 0.2) is 47.3 Å². The maximum Gasteiger partial charge on any atom is 0.187 e. The Labute approximate surface area is 140 Å². The van der Waals surface area contributed by atoms with Crippen LogP contribution in [0.3, 0.4) is 0 Å². The molecule has 0 atom stereocenters. The van der Waals surface area contributed by atoms with Crippen LogP contribution in [0.4, 0.5) is 5.13 Å². The minimum atomic E-state index is 0.193. The van der Waals surface area contributed by atoms with E-state index in [9.17, 15) is 0 Å². The number of thiazole rings is 1. The Morgan fingerprint density at radius 2 is 2.30 bits per heavy atom.